The van der Waals surface area contributed by atoms with Crippen LogP contribution in [0.5, 0.6) is 0 Å². The molecule has 7 nitrogen and oxygen atoms in total. The molecule has 5 rings (SSSR count). The maximum Gasteiger partial charge on any atom is 0.175 e. The first-order valence-corrected chi connectivity index (χ1v) is 13.4. The predicted molar refractivity (Wildman–Crippen MR) is 132 cm³/mol. The molecule has 0 atom stereocenters. The van der Waals surface area contributed by atoms with Crippen LogP contribution in [0, 0.1) is 13.8 Å². The van der Waals surface area contributed by atoms with E-state index in [9.17, 15) is 8.42 Å². The first-order chi connectivity index (χ1) is 15.8. The molecule has 9 heteroatoms. The summed E-state index contributed by atoms with van der Waals surface area (Å²) < 4.78 is 30.8. The zero-order chi connectivity index (χ0) is 23.2. The molecule has 0 saturated carbocycles. The molecule has 0 N–H and O–H groups in total. The molecular weight excluding hydrogens is 456 g/mol. The normalized spacial score (nSPS) is 14.7. The number of aryl methyl sites for hydroxylation is 2. The van der Waals surface area contributed by atoms with E-state index >= 15 is 0 Å². The fourth-order valence-corrected chi connectivity index (χ4v) is 5.86. The number of hydrogen-bond acceptors (Lipinski definition) is 8. The van der Waals surface area contributed by atoms with Gasteiger partial charge in [0, 0.05) is 41.7 Å². The zero-order valence-corrected chi connectivity index (χ0v) is 20.3. The van der Waals surface area contributed by atoms with Crippen LogP contribution >= 0.6 is 11.3 Å². The van der Waals surface area contributed by atoms with Crippen molar-refractivity contribution in [1.82, 2.24) is 15.0 Å². The van der Waals surface area contributed by atoms with Crippen LogP contribution < -0.4 is 4.90 Å². The maximum atomic E-state index is 12.1. The molecule has 33 heavy (non-hydrogen) atoms. The lowest BCUT2D eigenvalue weighted by Crippen LogP contribution is -2.36. The molecule has 1 saturated heterocycles. The van der Waals surface area contributed by atoms with E-state index in [-0.39, 0.29) is 0 Å². The fraction of sp³-hybridized carbons (Fsp3) is 0.292. The minimum absolute atomic E-state index is 0.308. The van der Waals surface area contributed by atoms with Gasteiger partial charge in [0.05, 0.1) is 28.3 Å². The zero-order valence-electron chi connectivity index (χ0n) is 18.7. The van der Waals surface area contributed by atoms with Crippen LogP contribution in [0.2, 0.25) is 0 Å². The Bertz CT molecular complexity index is 1440. The molecule has 1 aromatic carbocycles. The highest BCUT2D eigenvalue weighted by Crippen LogP contribution is 2.42. The number of ether oxygens (including phenoxy) is 1. The lowest BCUT2D eigenvalue weighted by molar-refractivity contribution is 0.122. The van der Waals surface area contributed by atoms with Gasteiger partial charge < -0.3 is 9.64 Å². The molecule has 1 fully saturated rings. The van der Waals surface area contributed by atoms with Gasteiger partial charge in [-0.3, -0.25) is 4.98 Å². The summed E-state index contributed by atoms with van der Waals surface area (Å²) in [5.41, 5.74) is 4.56. The molecule has 3 aromatic heterocycles. The molecule has 0 unspecified atom stereocenters. The van der Waals surface area contributed by atoms with Gasteiger partial charge in [0.1, 0.15) is 0 Å². The summed E-state index contributed by atoms with van der Waals surface area (Å²) in [6.45, 7) is 6.81. The number of aromatic nitrogens is 3. The second kappa shape index (κ2) is 8.48. The van der Waals surface area contributed by atoms with E-state index in [1.165, 1.54) is 6.26 Å². The van der Waals surface area contributed by atoms with E-state index in [0.29, 0.717) is 23.9 Å². The quantitative estimate of drug-likeness (QED) is 0.431. The third-order valence-corrected chi connectivity index (χ3v) is 8.19. The van der Waals surface area contributed by atoms with Crippen molar-refractivity contribution in [2.75, 3.05) is 37.5 Å². The second-order valence-electron chi connectivity index (χ2n) is 8.19. The van der Waals surface area contributed by atoms with Crippen molar-refractivity contribution in [3.8, 4) is 21.8 Å². The Labute approximate surface area is 197 Å². The number of rotatable bonds is 4. The van der Waals surface area contributed by atoms with Crippen molar-refractivity contribution in [3.05, 3.63) is 53.9 Å². The summed E-state index contributed by atoms with van der Waals surface area (Å²) in [5, 5.41) is 0. The predicted octanol–water partition coefficient (Wildman–Crippen LogP) is 4.28. The number of nitrogens with zero attached hydrogens (tertiary/aromatic N) is 4. The maximum absolute atomic E-state index is 12.1. The van der Waals surface area contributed by atoms with Gasteiger partial charge in [-0.1, -0.05) is 12.1 Å². The van der Waals surface area contributed by atoms with Gasteiger partial charge in [0.15, 0.2) is 21.5 Å². The Balaban J connectivity index is 1.73. The highest BCUT2D eigenvalue weighted by atomic mass is 32.2. The van der Waals surface area contributed by atoms with Gasteiger partial charge in [0.25, 0.3) is 0 Å². The summed E-state index contributed by atoms with van der Waals surface area (Å²) in [6, 6.07) is 11.0. The number of morpholine rings is 1. The smallest absolute Gasteiger partial charge is 0.175 e. The second-order valence-corrected chi connectivity index (χ2v) is 11.2. The summed E-state index contributed by atoms with van der Waals surface area (Å²) in [4.78, 5) is 17.9. The minimum Gasteiger partial charge on any atom is -0.378 e. The van der Waals surface area contributed by atoms with E-state index in [0.717, 1.165) is 56.4 Å². The van der Waals surface area contributed by atoms with Crippen LogP contribution in [0.4, 0.5) is 5.82 Å². The number of hydrogen-bond donors (Lipinski definition) is 0. The van der Waals surface area contributed by atoms with E-state index in [1.54, 1.807) is 35.7 Å². The molecule has 1 aliphatic heterocycles. The number of anilines is 1. The molecule has 0 spiro atoms. The van der Waals surface area contributed by atoms with Crippen molar-refractivity contribution in [2.24, 2.45) is 0 Å². The average molecular weight is 481 g/mol. The number of fused-ring (bicyclic) bond motifs is 1. The topological polar surface area (TPSA) is 85.3 Å². The Hall–Kier alpha value is -2.88. The van der Waals surface area contributed by atoms with E-state index < -0.39 is 9.84 Å². The van der Waals surface area contributed by atoms with Gasteiger partial charge in [0.2, 0.25) is 0 Å². The van der Waals surface area contributed by atoms with Gasteiger partial charge in [-0.25, -0.2) is 18.4 Å². The molecule has 0 bridgehead atoms. The number of thiophene rings is 1. The summed E-state index contributed by atoms with van der Waals surface area (Å²) in [5.74, 6) is 1.52. The lowest BCUT2D eigenvalue weighted by Gasteiger charge is -2.28. The minimum atomic E-state index is -3.30. The van der Waals surface area contributed by atoms with Crippen molar-refractivity contribution >= 4 is 37.2 Å². The summed E-state index contributed by atoms with van der Waals surface area (Å²) >= 11 is 1.61. The first-order valence-electron chi connectivity index (χ1n) is 10.7. The average Bonchev–Trinajstić information content (AvgIpc) is 3.15. The number of sulfone groups is 1. The van der Waals surface area contributed by atoms with Crippen LogP contribution in [-0.4, -0.2) is 55.9 Å². The third-order valence-electron chi connectivity index (χ3n) is 5.75. The monoisotopic (exact) mass is 480 g/mol. The number of benzene rings is 1. The van der Waals surface area contributed by atoms with Gasteiger partial charge >= 0.3 is 0 Å². The van der Waals surface area contributed by atoms with Crippen LogP contribution in [0.1, 0.15) is 11.3 Å². The van der Waals surface area contributed by atoms with Gasteiger partial charge in [-0.05, 0) is 49.2 Å². The Morgan fingerprint density at radius 3 is 2.52 bits per heavy atom. The molecule has 0 amide bonds. The molecule has 4 heterocycles. The van der Waals surface area contributed by atoms with E-state index in [2.05, 4.69) is 9.88 Å². The molecule has 0 radical (unpaired) electrons. The third kappa shape index (κ3) is 4.23. The SMILES string of the molecule is Cc1ccc(-c2nc(N3CCOCC3)c3sc(-c4cccc(S(C)(=O)=O)c4)c(C)c3n2)cn1. The lowest BCUT2D eigenvalue weighted by atomic mass is 10.1. The Morgan fingerprint density at radius 1 is 1.03 bits per heavy atom. The van der Waals surface area contributed by atoms with Crippen LogP contribution in [0.3, 0.4) is 0 Å². The highest BCUT2D eigenvalue weighted by Gasteiger charge is 2.23. The number of pyridine rings is 1. The Kier molecular flexibility index (Phi) is 5.64. The van der Waals surface area contributed by atoms with Crippen molar-refractivity contribution < 1.29 is 13.2 Å². The van der Waals surface area contributed by atoms with Crippen LogP contribution in [-0.2, 0) is 14.6 Å². The van der Waals surface area contributed by atoms with Gasteiger partial charge in [-0.15, -0.1) is 11.3 Å². The standard InChI is InChI=1S/C24H24N4O3S2/c1-15-7-8-18(14-25-15)23-26-20-16(2)21(17-5-4-6-19(13-17)33(3,29)30)32-22(20)24(27-23)28-9-11-31-12-10-28/h4-8,13-14H,9-12H2,1-3H3. The van der Waals surface area contributed by atoms with Crippen molar-refractivity contribution in [3.63, 3.8) is 0 Å². The highest BCUT2D eigenvalue weighted by molar-refractivity contribution is 7.90. The van der Waals surface area contributed by atoms with Crippen molar-refractivity contribution in [1.29, 1.82) is 0 Å². The van der Waals surface area contributed by atoms with E-state index in [1.807, 2.05) is 32.0 Å². The van der Waals surface area contributed by atoms with E-state index in [4.69, 9.17) is 14.7 Å². The van der Waals surface area contributed by atoms with Crippen molar-refractivity contribution in [2.45, 2.75) is 18.7 Å². The first kappa shape index (κ1) is 21.9. The molecule has 0 aliphatic carbocycles. The fourth-order valence-electron chi connectivity index (χ4n) is 3.93. The molecule has 170 valence electrons. The molecular formula is C24H24N4O3S2. The van der Waals surface area contributed by atoms with Gasteiger partial charge in [-0.2, -0.15) is 0 Å². The molecule has 4 aromatic rings. The summed E-state index contributed by atoms with van der Waals surface area (Å²) in [6.07, 6.45) is 3.03. The van der Waals surface area contributed by atoms with Crippen LogP contribution in [0.15, 0.2) is 47.5 Å². The summed E-state index contributed by atoms with van der Waals surface area (Å²) in [7, 11) is -3.30. The molecule has 1 aliphatic rings. The Morgan fingerprint density at radius 2 is 1.82 bits per heavy atom. The largest absolute Gasteiger partial charge is 0.378 e. The van der Waals surface area contributed by atoms with Crippen LogP contribution in [0.25, 0.3) is 32.0 Å².